The number of benzene rings is 8. The van der Waals surface area contributed by atoms with Crippen molar-refractivity contribution < 1.29 is 4.42 Å². The minimum absolute atomic E-state index is 0.591. The molecule has 0 unspecified atom stereocenters. The normalized spacial score (nSPS) is 11.5. The first-order valence-electron chi connectivity index (χ1n) is 17.4. The van der Waals surface area contributed by atoms with E-state index in [9.17, 15) is 0 Å². The van der Waals surface area contributed by atoms with Crippen molar-refractivity contribution >= 4 is 60.5 Å². The van der Waals surface area contributed by atoms with E-state index in [1.165, 1.54) is 10.8 Å². The van der Waals surface area contributed by atoms with Crippen molar-refractivity contribution in [2.45, 2.75) is 0 Å². The van der Waals surface area contributed by atoms with Gasteiger partial charge in [0, 0.05) is 38.8 Å². The summed E-state index contributed by atoms with van der Waals surface area (Å²) in [5.74, 6) is 1.83. The lowest BCUT2D eigenvalue weighted by Crippen LogP contribution is -2.10. The van der Waals surface area contributed by atoms with Crippen molar-refractivity contribution in [1.29, 1.82) is 0 Å². The Hall–Kier alpha value is -7.11. The number of rotatable bonds is 6. The summed E-state index contributed by atoms with van der Waals surface area (Å²) in [4.78, 5) is 17.4. The molecule has 0 aliphatic carbocycles. The average Bonchev–Trinajstić information content (AvgIpc) is 3.61. The summed E-state index contributed by atoms with van der Waals surface area (Å²) >= 11 is 0. The molecule has 0 atom stereocenters. The highest BCUT2D eigenvalue weighted by molar-refractivity contribution is 6.23. The zero-order valence-electron chi connectivity index (χ0n) is 28.0. The van der Waals surface area contributed by atoms with Gasteiger partial charge in [0.2, 0.25) is 0 Å². The second-order valence-electron chi connectivity index (χ2n) is 12.8. The van der Waals surface area contributed by atoms with E-state index in [0.29, 0.717) is 17.5 Å². The molecule has 0 fully saturated rings. The van der Waals surface area contributed by atoms with Crippen LogP contribution in [0.1, 0.15) is 0 Å². The zero-order valence-corrected chi connectivity index (χ0v) is 28.0. The highest BCUT2D eigenvalue weighted by Gasteiger charge is 2.23. The average molecular weight is 667 g/mol. The monoisotopic (exact) mass is 666 g/mol. The molecule has 0 saturated carbocycles. The SMILES string of the molecule is c1ccc(-c2nc(-c3ccccc3)nc(-c3cc4oc5c(N(c6ccccc6)c6ccc7ccccc7c6)cccc5c4c4ccccc34)n2)cc1. The molecule has 10 rings (SSSR count). The van der Waals surface area contributed by atoms with E-state index in [0.717, 1.165) is 66.5 Å². The summed E-state index contributed by atoms with van der Waals surface area (Å²) in [5.41, 5.74) is 7.37. The van der Waals surface area contributed by atoms with Gasteiger partial charge >= 0.3 is 0 Å². The Balaban J connectivity index is 1.23. The smallest absolute Gasteiger partial charge is 0.164 e. The molecule has 2 aromatic heterocycles. The number of hydrogen-bond acceptors (Lipinski definition) is 5. The lowest BCUT2D eigenvalue weighted by molar-refractivity contribution is 0.669. The van der Waals surface area contributed by atoms with E-state index in [-0.39, 0.29) is 0 Å². The Labute approximate surface area is 300 Å². The summed E-state index contributed by atoms with van der Waals surface area (Å²) in [6, 6.07) is 62.7. The maximum atomic E-state index is 6.98. The van der Waals surface area contributed by atoms with Crippen molar-refractivity contribution in [3.05, 3.63) is 182 Å². The van der Waals surface area contributed by atoms with E-state index in [2.05, 4.69) is 120 Å². The number of hydrogen-bond donors (Lipinski definition) is 0. The number of anilines is 3. The van der Waals surface area contributed by atoms with Gasteiger partial charge in [-0.15, -0.1) is 0 Å². The third-order valence-corrected chi connectivity index (χ3v) is 9.67. The largest absolute Gasteiger partial charge is 0.454 e. The summed E-state index contributed by atoms with van der Waals surface area (Å²) in [6.45, 7) is 0. The molecule has 52 heavy (non-hydrogen) atoms. The molecular formula is C47H30N4O. The van der Waals surface area contributed by atoms with Gasteiger partial charge in [0.1, 0.15) is 5.58 Å². The Morgan fingerprint density at radius 2 is 0.981 bits per heavy atom. The minimum Gasteiger partial charge on any atom is -0.454 e. The summed E-state index contributed by atoms with van der Waals surface area (Å²) in [6.07, 6.45) is 0. The Morgan fingerprint density at radius 1 is 0.404 bits per heavy atom. The third-order valence-electron chi connectivity index (χ3n) is 9.67. The molecule has 0 bridgehead atoms. The Bertz CT molecular complexity index is 2850. The summed E-state index contributed by atoms with van der Waals surface area (Å²) < 4.78 is 6.98. The second kappa shape index (κ2) is 12.3. The van der Waals surface area contributed by atoms with Crippen LogP contribution in [-0.2, 0) is 0 Å². The summed E-state index contributed by atoms with van der Waals surface area (Å²) in [7, 11) is 0. The van der Waals surface area contributed by atoms with Crippen molar-refractivity contribution in [1.82, 2.24) is 15.0 Å². The predicted molar refractivity (Wildman–Crippen MR) is 213 cm³/mol. The highest BCUT2D eigenvalue weighted by Crippen LogP contribution is 2.45. The zero-order chi connectivity index (χ0) is 34.4. The van der Waals surface area contributed by atoms with Crippen LogP contribution in [0.2, 0.25) is 0 Å². The molecule has 8 aromatic carbocycles. The fraction of sp³-hybridized carbons (Fsp3) is 0. The van der Waals surface area contributed by atoms with Gasteiger partial charge in [-0.05, 0) is 57.9 Å². The van der Waals surface area contributed by atoms with Gasteiger partial charge in [-0.2, -0.15) is 0 Å². The van der Waals surface area contributed by atoms with Crippen LogP contribution in [-0.4, -0.2) is 15.0 Å². The van der Waals surface area contributed by atoms with Gasteiger partial charge in [0.15, 0.2) is 23.1 Å². The quantitative estimate of drug-likeness (QED) is 0.177. The molecule has 0 radical (unpaired) electrons. The Kier molecular flexibility index (Phi) is 7.07. The topological polar surface area (TPSA) is 55.1 Å². The van der Waals surface area contributed by atoms with E-state index < -0.39 is 0 Å². The number of nitrogens with zero attached hydrogens (tertiary/aromatic N) is 4. The van der Waals surface area contributed by atoms with Crippen LogP contribution < -0.4 is 4.90 Å². The van der Waals surface area contributed by atoms with E-state index in [1.54, 1.807) is 0 Å². The molecule has 10 aromatic rings. The third kappa shape index (κ3) is 5.07. The van der Waals surface area contributed by atoms with Crippen LogP contribution >= 0.6 is 0 Å². The second-order valence-corrected chi connectivity index (χ2v) is 12.8. The summed E-state index contributed by atoms with van der Waals surface area (Å²) in [5, 5.41) is 6.60. The molecule has 5 nitrogen and oxygen atoms in total. The molecule has 0 saturated heterocycles. The molecule has 0 N–H and O–H groups in total. The molecule has 5 heteroatoms. The molecule has 0 amide bonds. The maximum Gasteiger partial charge on any atom is 0.164 e. The van der Waals surface area contributed by atoms with Crippen LogP contribution in [0.5, 0.6) is 0 Å². The molecule has 0 aliphatic heterocycles. The minimum atomic E-state index is 0.591. The predicted octanol–water partition coefficient (Wildman–Crippen LogP) is 12.5. The van der Waals surface area contributed by atoms with Crippen LogP contribution in [0.25, 0.3) is 77.6 Å². The fourth-order valence-electron chi connectivity index (χ4n) is 7.26. The molecular weight excluding hydrogens is 637 g/mol. The van der Waals surface area contributed by atoms with E-state index >= 15 is 0 Å². The van der Waals surface area contributed by atoms with Crippen molar-refractivity contribution in [2.24, 2.45) is 0 Å². The van der Waals surface area contributed by atoms with Crippen molar-refractivity contribution in [3.63, 3.8) is 0 Å². The Morgan fingerprint density at radius 3 is 1.69 bits per heavy atom. The number of furan rings is 1. The van der Waals surface area contributed by atoms with Gasteiger partial charge in [-0.1, -0.05) is 146 Å². The standard InChI is InChI=1S/C47H30N4O/c1-4-16-32(17-5-1)45-48-46(33-18-6-2-7-19-33)50-47(49-45)40-30-42-43(38-24-13-12-23-37(38)40)39-25-14-26-41(44(39)52-42)51(35-21-8-3-9-22-35)36-28-27-31-15-10-11-20-34(31)29-36/h1-30H. The van der Waals surface area contributed by atoms with Crippen LogP contribution in [0.15, 0.2) is 186 Å². The lowest BCUT2D eigenvalue weighted by Gasteiger charge is -2.25. The first-order valence-corrected chi connectivity index (χ1v) is 17.4. The first kappa shape index (κ1) is 29.8. The van der Waals surface area contributed by atoms with Crippen molar-refractivity contribution in [2.75, 3.05) is 4.90 Å². The number of para-hydroxylation sites is 2. The van der Waals surface area contributed by atoms with Crippen molar-refractivity contribution in [3.8, 4) is 34.2 Å². The maximum absolute atomic E-state index is 6.98. The molecule has 0 spiro atoms. The van der Waals surface area contributed by atoms with Gasteiger partial charge in [0.05, 0.1) is 5.69 Å². The van der Waals surface area contributed by atoms with Gasteiger partial charge in [0.25, 0.3) is 0 Å². The highest BCUT2D eigenvalue weighted by atomic mass is 16.3. The molecule has 0 aliphatic rings. The van der Waals surface area contributed by atoms with Gasteiger partial charge < -0.3 is 9.32 Å². The number of fused-ring (bicyclic) bond motifs is 6. The van der Waals surface area contributed by atoms with Gasteiger partial charge in [-0.25, -0.2) is 15.0 Å². The molecule has 244 valence electrons. The fourth-order valence-corrected chi connectivity index (χ4v) is 7.26. The molecule has 2 heterocycles. The number of aromatic nitrogens is 3. The van der Waals surface area contributed by atoms with E-state index in [4.69, 9.17) is 19.4 Å². The van der Waals surface area contributed by atoms with E-state index in [1.807, 2.05) is 66.7 Å². The van der Waals surface area contributed by atoms with Crippen LogP contribution in [0, 0.1) is 0 Å². The lowest BCUT2D eigenvalue weighted by atomic mass is 9.98. The van der Waals surface area contributed by atoms with Crippen LogP contribution in [0.4, 0.5) is 17.1 Å². The first-order chi connectivity index (χ1) is 25.8. The van der Waals surface area contributed by atoms with Crippen LogP contribution in [0.3, 0.4) is 0 Å². The van der Waals surface area contributed by atoms with Gasteiger partial charge in [-0.3, -0.25) is 0 Å².